The standard InChI is InChI=1S/C17H19FN2O/c1-12(10-11-13-6-3-2-4-7-13)20-17(21)14-8-5-9-15(18)16(14)19/h2-9,12H,10-11,19H2,1H3,(H,20,21). The van der Waals surface area contributed by atoms with Gasteiger partial charge in [0.1, 0.15) is 5.82 Å². The Morgan fingerprint density at radius 2 is 1.90 bits per heavy atom. The van der Waals surface area contributed by atoms with Gasteiger partial charge in [-0.15, -0.1) is 0 Å². The molecule has 0 spiro atoms. The molecular formula is C17H19FN2O. The Morgan fingerprint density at radius 1 is 1.19 bits per heavy atom. The average Bonchev–Trinajstić information content (AvgIpc) is 2.49. The van der Waals surface area contributed by atoms with Crippen LogP contribution in [-0.2, 0) is 6.42 Å². The van der Waals surface area contributed by atoms with Gasteiger partial charge in [0.25, 0.3) is 5.91 Å². The Hall–Kier alpha value is -2.36. The van der Waals surface area contributed by atoms with E-state index in [1.807, 2.05) is 25.1 Å². The monoisotopic (exact) mass is 286 g/mol. The van der Waals surface area contributed by atoms with Gasteiger partial charge in [-0.1, -0.05) is 36.4 Å². The van der Waals surface area contributed by atoms with Crippen molar-refractivity contribution in [3.8, 4) is 0 Å². The van der Waals surface area contributed by atoms with Crippen LogP contribution in [0.4, 0.5) is 10.1 Å². The molecule has 4 heteroatoms. The molecule has 1 amide bonds. The highest BCUT2D eigenvalue weighted by Gasteiger charge is 2.14. The molecule has 0 aliphatic heterocycles. The van der Waals surface area contributed by atoms with Crippen molar-refractivity contribution in [1.29, 1.82) is 0 Å². The van der Waals surface area contributed by atoms with E-state index in [4.69, 9.17) is 5.73 Å². The maximum absolute atomic E-state index is 13.3. The van der Waals surface area contributed by atoms with Crippen molar-refractivity contribution in [2.45, 2.75) is 25.8 Å². The molecule has 110 valence electrons. The third-order valence-electron chi connectivity index (χ3n) is 3.38. The van der Waals surface area contributed by atoms with Gasteiger partial charge in [-0.3, -0.25) is 4.79 Å². The van der Waals surface area contributed by atoms with Gasteiger partial charge in [-0.2, -0.15) is 0 Å². The fraction of sp³-hybridized carbons (Fsp3) is 0.235. The zero-order chi connectivity index (χ0) is 15.2. The van der Waals surface area contributed by atoms with E-state index in [9.17, 15) is 9.18 Å². The van der Waals surface area contributed by atoms with Crippen LogP contribution < -0.4 is 11.1 Å². The highest BCUT2D eigenvalue weighted by molar-refractivity contribution is 5.99. The molecule has 0 fully saturated rings. The topological polar surface area (TPSA) is 55.1 Å². The normalized spacial score (nSPS) is 11.9. The predicted molar refractivity (Wildman–Crippen MR) is 82.5 cm³/mol. The van der Waals surface area contributed by atoms with Crippen molar-refractivity contribution in [1.82, 2.24) is 5.32 Å². The van der Waals surface area contributed by atoms with Crippen LogP contribution in [0.5, 0.6) is 0 Å². The minimum absolute atomic E-state index is 0.0135. The summed E-state index contributed by atoms with van der Waals surface area (Å²) in [7, 11) is 0. The second-order valence-electron chi connectivity index (χ2n) is 5.10. The summed E-state index contributed by atoms with van der Waals surface area (Å²) in [5, 5.41) is 2.85. The number of carbonyl (C=O) groups is 1. The lowest BCUT2D eigenvalue weighted by molar-refractivity contribution is 0.0939. The van der Waals surface area contributed by atoms with E-state index >= 15 is 0 Å². The van der Waals surface area contributed by atoms with E-state index in [2.05, 4.69) is 17.4 Å². The van der Waals surface area contributed by atoms with Crippen molar-refractivity contribution < 1.29 is 9.18 Å². The van der Waals surface area contributed by atoms with Crippen molar-refractivity contribution >= 4 is 11.6 Å². The minimum Gasteiger partial charge on any atom is -0.396 e. The number of nitrogens with two attached hydrogens (primary N) is 1. The van der Waals surface area contributed by atoms with Crippen LogP contribution >= 0.6 is 0 Å². The van der Waals surface area contributed by atoms with Gasteiger partial charge in [-0.05, 0) is 37.5 Å². The number of nitrogens with one attached hydrogen (secondary N) is 1. The first kappa shape index (κ1) is 15.0. The Bertz CT molecular complexity index is 613. The Balaban J connectivity index is 1.92. The molecule has 3 nitrogen and oxygen atoms in total. The zero-order valence-electron chi connectivity index (χ0n) is 12.0. The molecule has 21 heavy (non-hydrogen) atoms. The number of hydrogen-bond donors (Lipinski definition) is 2. The molecule has 0 aliphatic rings. The number of nitrogen functional groups attached to an aromatic ring is 1. The lowest BCUT2D eigenvalue weighted by atomic mass is 10.1. The summed E-state index contributed by atoms with van der Waals surface area (Å²) < 4.78 is 13.3. The van der Waals surface area contributed by atoms with E-state index < -0.39 is 5.82 Å². The molecular weight excluding hydrogens is 267 g/mol. The first-order chi connectivity index (χ1) is 10.1. The molecule has 0 saturated heterocycles. The molecule has 2 rings (SSSR count). The first-order valence-electron chi connectivity index (χ1n) is 6.96. The Labute approximate surface area is 124 Å². The number of hydrogen-bond acceptors (Lipinski definition) is 2. The quantitative estimate of drug-likeness (QED) is 0.830. The molecule has 1 atom stereocenters. The fourth-order valence-corrected chi connectivity index (χ4v) is 2.14. The third-order valence-corrected chi connectivity index (χ3v) is 3.38. The van der Waals surface area contributed by atoms with Crippen molar-refractivity contribution in [2.75, 3.05) is 5.73 Å². The van der Waals surface area contributed by atoms with Gasteiger partial charge in [0.05, 0.1) is 11.3 Å². The number of para-hydroxylation sites is 1. The number of anilines is 1. The summed E-state index contributed by atoms with van der Waals surface area (Å²) in [6.45, 7) is 1.93. The second kappa shape index (κ2) is 6.88. The molecule has 0 saturated carbocycles. The molecule has 0 heterocycles. The van der Waals surface area contributed by atoms with Crippen molar-refractivity contribution in [3.05, 3.63) is 65.5 Å². The number of benzene rings is 2. The van der Waals surface area contributed by atoms with Gasteiger partial charge in [0, 0.05) is 6.04 Å². The van der Waals surface area contributed by atoms with Gasteiger partial charge in [-0.25, -0.2) is 4.39 Å². The van der Waals surface area contributed by atoms with Crippen LogP contribution in [0.25, 0.3) is 0 Å². The van der Waals surface area contributed by atoms with Gasteiger partial charge >= 0.3 is 0 Å². The summed E-state index contributed by atoms with van der Waals surface area (Å²) in [4.78, 5) is 12.1. The molecule has 3 N–H and O–H groups in total. The van der Waals surface area contributed by atoms with Crippen LogP contribution in [0.15, 0.2) is 48.5 Å². The maximum atomic E-state index is 13.3. The van der Waals surface area contributed by atoms with E-state index in [-0.39, 0.29) is 23.2 Å². The molecule has 0 aliphatic carbocycles. The first-order valence-corrected chi connectivity index (χ1v) is 6.96. The maximum Gasteiger partial charge on any atom is 0.253 e. The molecule has 2 aromatic rings. The lowest BCUT2D eigenvalue weighted by Crippen LogP contribution is -2.33. The number of halogens is 1. The fourth-order valence-electron chi connectivity index (χ4n) is 2.14. The van der Waals surface area contributed by atoms with E-state index in [1.165, 1.54) is 23.8 Å². The number of carbonyl (C=O) groups excluding carboxylic acids is 1. The highest BCUT2D eigenvalue weighted by atomic mass is 19.1. The van der Waals surface area contributed by atoms with Crippen molar-refractivity contribution in [3.63, 3.8) is 0 Å². The highest BCUT2D eigenvalue weighted by Crippen LogP contribution is 2.16. The molecule has 2 aromatic carbocycles. The largest absolute Gasteiger partial charge is 0.396 e. The van der Waals surface area contributed by atoms with Crippen LogP contribution in [-0.4, -0.2) is 11.9 Å². The predicted octanol–water partition coefficient (Wildman–Crippen LogP) is 3.16. The van der Waals surface area contributed by atoms with Crippen molar-refractivity contribution in [2.24, 2.45) is 0 Å². The molecule has 0 aromatic heterocycles. The van der Waals surface area contributed by atoms with Crippen LogP contribution in [0.3, 0.4) is 0 Å². The number of aryl methyl sites for hydroxylation is 1. The van der Waals surface area contributed by atoms with Crippen LogP contribution in [0, 0.1) is 5.82 Å². The number of amides is 1. The van der Waals surface area contributed by atoms with E-state index in [0.717, 1.165) is 12.8 Å². The van der Waals surface area contributed by atoms with E-state index in [0.29, 0.717) is 0 Å². The molecule has 1 unspecified atom stereocenters. The smallest absolute Gasteiger partial charge is 0.253 e. The molecule has 0 bridgehead atoms. The zero-order valence-corrected chi connectivity index (χ0v) is 12.0. The summed E-state index contributed by atoms with van der Waals surface area (Å²) in [5.41, 5.74) is 6.89. The lowest BCUT2D eigenvalue weighted by Gasteiger charge is -2.15. The summed E-state index contributed by atoms with van der Waals surface area (Å²) in [6, 6.07) is 14.3. The van der Waals surface area contributed by atoms with Gasteiger partial charge < -0.3 is 11.1 Å². The van der Waals surface area contributed by atoms with Gasteiger partial charge in [0.2, 0.25) is 0 Å². The van der Waals surface area contributed by atoms with Crippen LogP contribution in [0.1, 0.15) is 29.3 Å². The van der Waals surface area contributed by atoms with Gasteiger partial charge in [0.15, 0.2) is 0 Å². The Morgan fingerprint density at radius 3 is 2.62 bits per heavy atom. The SMILES string of the molecule is CC(CCc1ccccc1)NC(=O)c1cccc(F)c1N. The third kappa shape index (κ3) is 4.05. The van der Waals surface area contributed by atoms with Crippen LogP contribution in [0.2, 0.25) is 0 Å². The van der Waals surface area contributed by atoms with E-state index in [1.54, 1.807) is 0 Å². The summed E-state index contributed by atoms with van der Waals surface area (Å²) in [5.74, 6) is -0.910. The summed E-state index contributed by atoms with van der Waals surface area (Å²) >= 11 is 0. The average molecular weight is 286 g/mol. The minimum atomic E-state index is -0.570. The summed E-state index contributed by atoms with van der Waals surface area (Å²) in [6.07, 6.45) is 1.69. The number of rotatable bonds is 5. The Kier molecular flexibility index (Phi) is 4.93. The second-order valence-corrected chi connectivity index (χ2v) is 5.10. The molecule has 0 radical (unpaired) electrons.